The maximum atomic E-state index is 13.0. The van der Waals surface area contributed by atoms with Gasteiger partial charge in [-0.05, 0) is 61.7 Å². The highest BCUT2D eigenvalue weighted by atomic mass is 35.5. The number of amides is 1. The largest absolute Gasteiger partial charge is 0.323 e. The number of carbonyl (C=O) groups is 1. The Labute approximate surface area is 195 Å². The maximum Gasteiger partial charge on any atom is 0.230 e. The molecule has 0 radical (unpaired) electrons. The van der Waals surface area contributed by atoms with Gasteiger partial charge < -0.3 is 9.72 Å². The van der Waals surface area contributed by atoms with E-state index in [0.717, 1.165) is 28.2 Å². The molecule has 31 heavy (non-hydrogen) atoms. The summed E-state index contributed by atoms with van der Waals surface area (Å²) in [4.78, 5) is 17.9. The molecule has 0 fully saturated rings. The van der Waals surface area contributed by atoms with Crippen LogP contribution in [0.2, 0.25) is 15.1 Å². The third-order valence-electron chi connectivity index (χ3n) is 5.32. The van der Waals surface area contributed by atoms with Crippen molar-refractivity contribution in [3.63, 3.8) is 0 Å². The second-order valence-corrected chi connectivity index (χ2v) is 8.81. The van der Waals surface area contributed by atoms with E-state index in [1.54, 1.807) is 12.1 Å². The van der Waals surface area contributed by atoms with Gasteiger partial charge in [0.2, 0.25) is 5.91 Å². The third-order valence-corrected chi connectivity index (χ3v) is 6.14. The monoisotopic (exact) mass is 471 g/mol. The molecule has 1 amide bonds. The SMILES string of the molecule is Cc1ccc(-c2nc3c(C)cccn3c2CC(=O)Nc2c(Cl)cc(Cl)cc2Cl)cc1C. The van der Waals surface area contributed by atoms with E-state index in [9.17, 15) is 4.79 Å². The number of imidazole rings is 1. The lowest BCUT2D eigenvalue weighted by molar-refractivity contribution is -0.115. The molecule has 1 N–H and O–H groups in total. The Balaban J connectivity index is 1.77. The summed E-state index contributed by atoms with van der Waals surface area (Å²) in [5.74, 6) is -0.250. The highest BCUT2D eigenvalue weighted by Gasteiger charge is 2.20. The van der Waals surface area contributed by atoms with Gasteiger partial charge in [-0.25, -0.2) is 4.98 Å². The van der Waals surface area contributed by atoms with Crippen LogP contribution >= 0.6 is 34.8 Å². The predicted octanol–water partition coefficient (Wildman–Crippen LogP) is 7.07. The smallest absolute Gasteiger partial charge is 0.230 e. The van der Waals surface area contributed by atoms with Crippen molar-refractivity contribution < 1.29 is 4.79 Å². The van der Waals surface area contributed by atoms with Crippen LogP contribution in [0.15, 0.2) is 48.7 Å². The van der Waals surface area contributed by atoms with Crippen molar-refractivity contribution in [3.8, 4) is 11.3 Å². The standard InChI is InChI=1S/C24H20Cl3N3O/c1-13-6-7-16(9-15(13)3)22-20(30-8-4-5-14(2)24(30)29-22)12-21(31)28-23-18(26)10-17(25)11-19(23)27/h4-11H,12H2,1-3H3,(H,28,31). The van der Waals surface area contributed by atoms with Crippen molar-refractivity contribution >= 4 is 52.0 Å². The fraction of sp³-hybridized carbons (Fsp3) is 0.167. The topological polar surface area (TPSA) is 46.4 Å². The highest BCUT2D eigenvalue weighted by molar-refractivity contribution is 6.42. The molecule has 0 unspecified atom stereocenters. The van der Waals surface area contributed by atoms with Gasteiger partial charge in [0.1, 0.15) is 5.65 Å². The van der Waals surface area contributed by atoms with Gasteiger partial charge in [0.15, 0.2) is 0 Å². The first-order chi connectivity index (χ1) is 14.7. The molecule has 0 saturated carbocycles. The molecule has 2 heterocycles. The summed E-state index contributed by atoms with van der Waals surface area (Å²) < 4.78 is 1.96. The first-order valence-electron chi connectivity index (χ1n) is 9.73. The molecule has 0 aliphatic heterocycles. The number of anilines is 1. The van der Waals surface area contributed by atoms with Gasteiger partial charge in [-0.15, -0.1) is 0 Å². The second kappa shape index (κ2) is 8.54. The van der Waals surface area contributed by atoms with E-state index in [-0.39, 0.29) is 22.4 Å². The van der Waals surface area contributed by atoms with Crippen LogP contribution < -0.4 is 5.32 Å². The Morgan fingerprint density at radius 3 is 2.35 bits per heavy atom. The fourth-order valence-corrected chi connectivity index (χ4v) is 4.45. The molecule has 0 bridgehead atoms. The second-order valence-electron chi connectivity index (χ2n) is 7.56. The van der Waals surface area contributed by atoms with Crippen molar-refractivity contribution in [2.24, 2.45) is 0 Å². The van der Waals surface area contributed by atoms with Crippen molar-refractivity contribution in [3.05, 3.63) is 86.1 Å². The Morgan fingerprint density at radius 1 is 0.968 bits per heavy atom. The molecule has 7 heteroatoms. The van der Waals surface area contributed by atoms with Crippen LogP contribution in [0, 0.1) is 20.8 Å². The number of fused-ring (bicyclic) bond motifs is 1. The number of hydrogen-bond acceptors (Lipinski definition) is 2. The summed E-state index contributed by atoms with van der Waals surface area (Å²) >= 11 is 18.4. The summed E-state index contributed by atoms with van der Waals surface area (Å²) in [6.07, 6.45) is 2.02. The number of halogens is 3. The molecule has 0 spiro atoms. The molecule has 2 aromatic heterocycles. The highest BCUT2D eigenvalue weighted by Crippen LogP contribution is 2.34. The Kier molecular flexibility index (Phi) is 5.98. The quantitative estimate of drug-likeness (QED) is 0.345. The molecule has 4 rings (SSSR count). The predicted molar refractivity (Wildman–Crippen MR) is 129 cm³/mol. The molecular weight excluding hydrogens is 453 g/mol. The number of nitrogens with zero attached hydrogens (tertiary/aromatic N) is 2. The molecule has 4 aromatic rings. The van der Waals surface area contributed by atoms with Crippen molar-refractivity contribution in [2.75, 3.05) is 5.32 Å². The lowest BCUT2D eigenvalue weighted by Gasteiger charge is -2.11. The molecule has 4 nitrogen and oxygen atoms in total. The van der Waals surface area contributed by atoms with E-state index in [4.69, 9.17) is 39.8 Å². The number of carbonyl (C=O) groups excluding carboxylic acids is 1. The number of hydrogen-bond donors (Lipinski definition) is 1. The normalized spacial score (nSPS) is 11.2. The lowest BCUT2D eigenvalue weighted by Crippen LogP contribution is -2.16. The fourth-order valence-electron chi connectivity index (χ4n) is 3.54. The van der Waals surface area contributed by atoms with Gasteiger partial charge in [-0.1, -0.05) is 53.0 Å². The van der Waals surface area contributed by atoms with Crippen molar-refractivity contribution in [1.82, 2.24) is 9.38 Å². The van der Waals surface area contributed by atoms with Gasteiger partial charge in [0.05, 0.1) is 33.5 Å². The van der Waals surface area contributed by atoms with Crippen LogP contribution in [-0.4, -0.2) is 15.3 Å². The third kappa shape index (κ3) is 4.29. The zero-order valence-corrected chi connectivity index (χ0v) is 19.5. The van der Waals surface area contributed by atoms with E-state index in [0.29, 0.717) is 10.7 Å². The number of aromatic nitrogens is 2. The van der Waals surface area contributed by atoms with Crippen LogP contribution in [-0.2, 0) is 11.2 Å². The maximum absolute atomic E-state index is 13.0. The molecule has 0 saturated heterocycles. The molecule has 0 aliphatic rings. The van der Waals surface area contributed by atoms with Gasteiger partial charge in [0.25, 0.3) is 0 Å². The summed E-state index contributed by atoms with van der Waals surface area (Å²) in [5.41, 5.74) is 7.11. The number of rotatable bonds is 4. The van der Waals surface area contributed by atoms with E-state index in [1.165, 1.54) is 11.1 Å². The molecule has 0 atom stereocenters. The van der Waals surface area contributed by atoms with Gasteiger partial charge in [-0.3, -0.25) is 4.79 Å². The summed E-state index contributed by atoms with van der Waals surface area (Å²) in [6, 6.07) is 13.2. The number of benzene rings is 2. The minimum absolute atomic E-state index is 0.0994. The first-order valence-corrected chi connectivity index (χ1v) is 10.9. The molecule has 0 aliphatic carbocycles. The lowest BCUT2D eigenvalue weighted by atomic mass is 10.0. The molecular formula is C24H20Cl3N3O. The van der Waals surface area contributed by atoms with E-state index in [2.05, 4.69) is 31.3 Å². The minimum atomic E-state index is -0.250. The average molecular weight is 473 g/mol. The molecule has 158 valence electrons. The summed E-state index contributed by atoms with van der Waals surface area (Å²) in [5, 5.41) is 3.80. The number of pyridine rings is 1. The summed E-state index contributed by atoms with van der Waals surface area (Å²) in [6.45, 7) is 6.14. The van der Waals surface area contributed by atoms with Crippen molar-refractivity contribution in [1.29, 1.82) is 0 Å². The van der Waals surface area contributed by atoms with Crippen LogP contribution in [0.25, 0.3) is 16.9 Å². The Bertz CT molecular complexity index is 1300. The van der Waals surface area contributed by atoms with Crippen LogP contribution in [0.1, 0.15) is 22.4 Å². The van der Waals surface area contributed by atoms with Crippen LogP contribution in [0.4, 0.5) is 5.69 Å². The number of aryl methyl sites for hydroxylation is 3. The Morgan fingerprint density at radius 2 is 1.68 bits per heavy atom. The Hall–Kier alpha value is -2.53. The zero-order chi connectivity index (χ0) is 22.3. The average Bonchev–Trinajstić information content (AvgIpc) is 3.06. The van der Waals surface area contributed by atoms with Gasteiger partial charge in [0, 0.05) is 16.8 Å². The van der Waals surface area contributed by atoms with Crippen LogP contribution in [0.3, 0.4) is 0 Å². The molecule has 2 aromatic carbocycles. The summed E-state index contributed by atoms with van der Waals surface area (Å²) in [7, 11) is 0. The van der Waals surface area contributed by atoms with E-state index < -0.39 is 0 Å². The van der Waals surface area contributed by atoms with E-state index in [1.807, 2.05) is 35.7 Å². The first kappa shape index (κ1) is 21.7. The van der Waals surface area contributed by atoms with Crippen LogP contribution in [0.5, 0.6) is 0 Å². The van der Waals surface area contributed by atoms with Gasteiger partial charge >= 0.3 is 0 Å². The zero-order valence-electron chi connectivity index (χ0n) is 17.3. The van der Waals surface area contributed by atoms with Gasteiger partial charge in [-0.2, -0.15) is 0 Å². The number of nitrogens with one attached hydrogen (secondary N) is 1. The van der Waals surface area contributed by atoms with E-state index >= 15 is 0 Å². The minimum Gasteiger partial charge on any atom is -0.323 e. The van der Waals surface area contributed by atoms with Crippen molar-refractivity contribution in [2.45, 2.75) is 27.2 Å².